The topological polar surface area (TPSA) is 79.6 Å². The summed E-state index contributed by atoms with van der Waals surface area (Å²) in [5.74, 6) is 0.933. The first kappa shape index (κ1) is 14.9. The van der Waals surface area contributed by atoms with Crippen LogP contribution in [0.3, 0.4) is 0 Å². The standard InChI is InChI=1S/C15H16N2O4/c1-20-13-6-11(9-16)7-14(8-13)21-10-15(19)17-4-2-12(18)3-5-17/h6-8H,2-5,10H2,1H3. The van der Waals surface area contributed by atoms with Crippen molar-refractivity contribution in [1.82, 2.24) is 4.90 Å². The summed E-state index contributed by atoms with van der Waals surface area (Å²) in [6.45, 7) is 0.775. The zero-order chi connectivity index (χ0) is 15.2. The van der Waals surface area contributed by atoms with Gasteiger partial charge in [-0.3, -0.25) is 9.59 Å². The predicted octanol–water partition coefficient (Wildman–Crippen LogP) is 1.14. The molecular weight excluding hydrogens is 272 g/mol. The molecule has 1 aromatic carbocycles. The van der Waals surface area contributed by atoms with Crippen molar-refractivity contribution in [2.24, 2.45) is 0 Å². The maximum Gasteiger partial charge on any atom is 0.260 e. The van der Waals surface area contributed by atoms with Crippen LogP contribution < -0.4 is 9.47 Å². The number of hydrogen-bond acceptors (Lipinski definition) is 5. The van der Waals surface area contributed by atoms with E-state index in [0.29, 0.717) is 43.0 Å². The summed E-state index contributed by atoms with van der Waals surface area (Å²) in [5.41, 5.74) is 0.403. The smallest absolute Gasteiger partial charge is 0.260 e. The zero-order valence-electron chi connectivity index (χ0n) is 11.8. The van der Waals surface area contributed by atoms with E-state index in [9.17, 15) is 9.59 Å². The molecule has 1 fully saturated rings. The Labute approximate surface area is 122 Å². The molecule has 0 saturated carbocycles. The molecule has 0 N–H and O–H groups in total. The maximum atomic E-state index is 12.0. The molecule has 0 bridgehead atoms. The summed E-state index contributed by atoms with van der Waals surface area (Å²) < 4.78 is 10.5. The van der Waals surface area contributed by atoms with Crippen molar-refractivity contribution in [2.75, 3.05) is 26.8 Å². The fourth-order valence-electron chi connectivity index (χ4n) is 2.08. The number of carbonyl (C=O) groups excluding carboxylic acids is 2. The average Bonchev–Trinajstić information content (AvgIpc) is 2.52. The van der Waals surface area contributed by atoms with Gasteiger partial charge < -0.3 is 14.4 Å². The third kappa shape index (κ3) is 3.96. The van der Waals surface area contributed by atoms with E-state index in [1.54, 1.807) is 23.1 Å². The van der Waals surface area contributed by atoms with E-state index < -0.39 is 0 Å². The number of nitrogens with zero attached hydrogens (tertiary/aromatic N) is 2. The molecule has 0 spiro atoms. The van der Waals surface area contributed by atoms with Gasteiger partial charge in [0.2, 0.25) is 0 Å². The molecule has 1 amide bonds. The minimum absolute atomic E-state index is 0.119. The van der Waals surface area contributed by atoms with Crippen LogP contribution in [0.4, 0.5) is 0 Å². The number of amides is 1. The number of piperidine rings is 1. The number of benzene rings is 1. The largest absolute Gasteiger partial charge is 0.497 e. The van der Waals surface area contributed by atoms with Gasteiger partial charge in [-0.1, -0.05) is 0 Å². The van der Waals surface area contributed by atoms with Crippen LogP contribution in [0, 0.1) is 11.3 Å². The van der Waals surface area contributed by atoms with Gasteiger partial charge in [0.05, 0.1) is 18.7 Å². The van der Waals surface area contributed by atoms with E-state index in [1.807, 2.05) is 6.07 Å². The Morgan fingerprint density at radius 3 is 2.57 bits per heavy atom. The fourth-order valence-corrected chi connectivity index (χ4v) is 2.08. The molecule has 21 heavy (non-hydrogen) atoms. The van der Waals surface area contributed by atoms with E-state index in [1.165, 1.54) is 7.11 Å². The molecular formula is C15H16N2O4. The third-order valence-corrected chi connectivity index (χ3v) is 3.28. The molecule has 110 valence electrons. The number of methoxy groups -OCH3 is 1. The minimum Gasteiger partial charge on any atom is -0.497 e. The molecule has 0 aliphatic carbocycles. The van der Waals surface area contributed by atoms with Crippen LogP contribution in [0.5, 0.6) is 11.5 Å². The molecule has 1 heterocycles. The summed E-state index contributed by atoms with van der Waals surface area (Å²) >= 11 is 0. The van der Waals surface area contributed by atoms with Gasteiger partial charge in [0.15, 0.2) is 6.61 Å². The fraction of sp³-hybridized carbons (Fsp3) is 0.400. The Bertz CT molecular complexity index is 582. The molecule has 0 aromatic heterocycles. The highest BCUT2D eigenvalue weighted by molar-refractivity contribution is 5.84. The van der Waals surface area contributed by atoms with Gasteiger partial charge in [0, 0.05) is 32.0 Å². The molecule has 6 heteroatoms. The van der Waals surface area contributed by atoms with Gasteiger partial charge in [-0.2, -0.15) is 5.26 Å². The average molecular weight is 288 g/mol. The molecule has 0 unspecified atom stereocenters. The maximum absolute atomic E-state index is 12.0. The summed E-state index contributed by atoms with van der Waals surface area (Å²) in [6.07, 6.45) is 0.812. The van der Waals surface area contributed by atoms with E-state index in [2.05, 4.69) is 0 Å². The molecule has 1 aliphatic heterocycles. The van der Waals surface area contributed by atoms with Crippen molar-refractivity contribution in [1.29, 1.82) is 5.26 Å². The molecule has 1 aromatic rings. The number of Topliss-reactive ketones (excluding diaryl/α,β-unsaturated/α-hetero) is 1. The summed E-state index contributed by atoms with van der Waals surface area (Å²) in [6, 6.07) is 6.76. The predicted molar refractivity (Wildman–Crippen MR) is 74.0 cm³/mol. The lowest BCUT2D eigenvalue weighted by atomic mass is 10.1. The van der Waals surface area contributed by atoms with Gasteiger partial charge in [0.1, 0.15) is 17.3 Å². The Kier molecular flexibility index (Phi) is 4.77. The zero-order valence-corrected chi connectivity index (χ0v) is 11.8. The van der Waals surface area contributed by atoms with Crippen LogP contribution in [0.2, 0.25) is 0 Å². The number of rotatable bonds is 4. The van der Waals surface area contributed by atoms with Crippen LogP contribution in [-0.4, -0.2) is 43.4 Å². The highest BCUT2D eigenvalue weighted by atomic mass is 16.5. The SMILES string of the molecule is COc1cc(C#N)cc(OCC(=O)N2CCC(=O)CC2)c1. The monoisotopic (exact) mass is 288 g/mol. The summed E-state index contributed by atoms with van der Waals surface area (Å²) in [7, 11) is 1.50. The Morgan fingerprint density at radius 1 is 1.29 bits per heavy atom. The van der Waals surface area contributed by atoms with Gasteiger partial charge in [-0.15, -0.1) is 0 Å². The lowest BCUT2D eigenvalue weighted by Gasteiger charge is -2.25. The summed E-state index contributed by atoms with van der Waals surface area (Å²) in [5, 5.41) is 8.92. The molecule has 1 aliphatic rings. The van der Waals surface area contributed by atoms with Crippen molar-refractivity contribution >= 4 is 11.7 Å². The summed E-state index contributed by atoms with van der Waals surface area (Å²) in [4.78, 5) is 24.7. The Balaban J connectivity index is 1.95. The normalized spacial score (nSPS) is 14.5. The minimum atomic E-state index is -0.163. The second kappa shape index (κ2) is 6.75. The third-order valence-electron chi connectivity index (χ3n) is 3.28. The molecule has 0 atom stereocenters. The number of nitriles is 1. The highest BCUT2D eigenvalue weighted by Crippen LogP contribution is 2.22. The van der Waals surface area contributed by atoms with Crippen molar-refractivity contribution in [2.45, 2.75) is 12.8 Å². The van der Waals surface area contributed by atoms with E-state index in [4.69, 9.17) is 14.7 Å². The van der Waals surface area contributed by atoms with Gasteiger partial charge >= 0.3 is 0 Å². The van der Waals surface area contributed by atoms with Crippen LogP contribution in [0.15, 0.2) is 18.2 Å². The number of ketones is 1. The molecule has 0 radical (unpaired) electrons. The van der Waals surface area contributed by atoms with Crippen molar-refractivity contribution in [3.63, 3.8) is 0 Å². The van der Waals surface area contributed by atoms with E-state index >= 15 is 0 Å². The number of carbonyl (C=O) groups is 2. The molecule has 2 rings (SSSR count). The first-order valence-electron chi connectivity index (χ1n) is 6.64. The Morgan fingerprint density at radius 2 is 1.95 bits per heavy atom. The number of hydrogen-bond donors (Lipinski definition) is 0. The van der Waals surface area contributed by atoms with Gasteiger partial charge in [0.25, 0.3) is 5.91 Å². The van der Waals surface area contributed by atoms with Gasteiger partial charge in [-0.25, -0.2) is 0 Å². The quantitative estimate of drug-likeness (QED) is 0.830. The van der Waals surface area contributed by atoms with Crippen LogP contribution in [0.25, 0.3) is 0 Å². The first-order valence-corrected chi connectivity index (χ1v) is 6.64. The van der Waals surface area contributed by atoms with Gasteiger partial charge in [-0.05, 0) is 12.1 Å². The van der Waals surface area contributed by atoms with E-state index in [-0.39, 0.29) is 18.3 Å². The molecule has 6 nitrogen and oxygen atoms in total. The van der Waals surface area contributed by atoms with E-state index in [0.717, 1.165) is 0 Å². The lowest BCUT2D eigenvalue weighted by Crippen LogP contribution is -2.41. The van der Waals surface area contributed by atoms with Crippen molar-refractivity contribution < 1.29 is 19.1 Å². The lowest BCUT2D eigenvalue weighted by molar-refractivity contribution is -0.136. The van der Waals surface area contributed by atoms with Crippen LogP contribution in [-0.2, 0) is 9.59 Å². The highest BCUT2D eigenvalue weighted by Gasteiger charge is 2.21. The van der Waals surface area contributed by atoms with Crippen LogP contribution in [0.1, 0.15) is 18.4 Å². The second-order valence-corrected chi connectivity index (χ2v) is 4.72. The number of likely N-dealkylation sites (tertiary alicyclic amines) is 1. The molecule has 1 saturated heterocycles. The Hall–Kier alpha value is -2.55. The second-order valence-electron chi connectivity index (χ2n) is 4.72. The first-order chi connectivity index (χ1) is 10.1. The number of ether oxygens (including phenoxy) is 2. The van der Waals surface area contributed by atoms with Crippen LogP contribution >= 0.6 is 0 Å². The van der Waals surface area contributed by atoms with Crippen molar-refractivity contribution in [3.05, 3.63) is 23.8 Å². The van der Waals surface area contributed by atoms with Crippen molar-refractivity contribution in [3.8, 4) is 17.6 Å².